The Hall–Kier alpha value is -1.34. The lowest BCUT2D eigenvalue weighted by atomic mass is 10.1. The number of urea groups is 1. The largest absolute Gasteiger partial charge is 0.338 e. The lowest BCUT2D eigenvalue weighted by molar-refractivity contribution is -0.134. The highest BCUT2D eigenvalue weighted by molar-refractivity contribution is 5.79. The zero-order valence-corrected chi connectivity index (χ0v) is 12.9. The zero-order valence-electron chi connectivity index (χ0n) is 12.9. The van der Waals surface area contributed by atoms with Crippen molar-refractivity contribution in [2.75, 3.05) is 52.4 Å². The van der Waals surface area contributed by atoms with Crippen molar-refractivity contribution in [3.63, 3.8) is 0 Å². The number of hydrogen-bond donors (Lipinski definition) is 2. The molecule has 0 bridgehead atoms. The third-order valence-electron chi connectivity index (χ3n) is 4.24. The number of carbonyl (C=O) groups excluding carboxylic acids is 2. The number of carbonyl (C=O) groups is 2. The van der Waals surface area contributed by atoms with Crippen LogP contribution in [0.1, 0.15) is 19.8 Å². The van der Waals surface area contributed by atoms with Crippen molar-refractivity contribution in [3.8, 4) is 0 Å². The summed E-state index contributed by atoms with van der Waals surface area (Å²) in [5.41, 5.74) is 5.87. The van der Waals surface area contributed by atoms with Crippen LogP contribution in [0, 0.1) is 0 Å². The van der Waals surface area contributed by atoms with Crippen molar-refractivity contribution >= 4 is 11.9 Å². The fraction of sp³-hybridized carbons (Fsp3) is 0.857. The predicted molar refractivity (Wildman–Crippen MR) is 80.9 cm³/mol. The van der Waals surface area contributed by atoms with Crippen LogP contribution in [0.5, 0.6) is 0 Å². The number of hydrogen-bond acceptors (Lipinski definition) is 4. The molecule has 3 amide bonds. The van der Waals surface area contributed by atoms with Crippen LogP contribution < -0.4 is 11.1 Å². The minimum atomic E-state index is -0.0328. The fourth-order valence-electron chi connectivity index (χ4n) is 2.82. The maximum absolute atomic E-state index is 12.3. The summed E-state index contributed by atoms with van der Waals surface area (Å²) in [5, 5.41) is 2.79. The molecular formula is C14H27N5O2. The van der Waals surface area contributed by atoms with Crippen LogP contribution in [0.25, 0.3) is 0 Å². The summed E-state index contributed by atoms with van der Waals surface area (Å²) in [4.78, 5) is 29.8. The molecule has 120 valence electrons. The Morgan fingerprint density at radius 1 is 1.05 bits per heavy atom. The average Bonchev–Trinajstić information content (AvgIpc) is 2.50. The van der Waals surface area contributed by atoms with Gasteiger partial charge in [-0.3, -0.25) is 9.69 Å². The summed E-state index contributed by atoms with van der Waals surface area (Å²) in [6, 6.07) is 0.256. The molecule has 0 unspecified atom stereocenters. The highest BCUT2D eigenvalue weighted by atomic mass is 16.2. The first-order chi connectivity index (χ1) is 10.1. The number of likely N-dealkylation sites (tertiary alicyclic amines) is 1. The van der Waals surface area contributed by atoms with Crippen LogP contribution in [0.3, 0.4) is 0 Å². The van der Waals surface area contributed by atoms with E-state index in [4.69, 9.17) is 5.73 Å². The standard InChI is InChI=1S/C14H27N5O2/c1-2-16-14(21)19-9-7-18(8-10-19)13(20)11-17-5-3-12(15)4-6-17/h12H,2-11,15H2,1H3,(H,16,21). The van der Waals surface area contributed by atoms with Crippen molar-refractivity contribution in [2.24, 2.45) is 5.73 Å². The highest BCUT2D eigenvalue weighted by Crippen LogP contribution is 2.09. The van der Waals surface area contributed by atoms with Gasteiger partial charge in [-0.25, -0.2) is 4.79 Å². The number of piperidine rings is 1. The molecular weight excluding hydrogens is 270 g/mol. The number of piperazine rings is 1. The minimum absolute atomic E-state index is 0.0328. The SMILES string of the molecule is CCNC(=O)N1CCN(C(=O)CN2CCC(N)CC2)CC1. The van der Waals surface area contributed by atoms with E-state index in [0.717, 1.165) is 25.9 Å². The number of amides is 3. The summed E-state index contributed by atoms with van der Waals surface area (Å²) in [6.45, 7) is 7.32. The van der Waals surface area contributed by atoms with E-state index in [9.17, 15) is 9.59 Å². The van der Waals surface area contributed by atoms with Gasteiger partial charge in [0.05, 0.1) is 6.54 Å². The van der Waals surface area contributed by atoms with Gasteiger partial charge in [-0.2, -0.15) is 0 Å². The Morgan fingerprint density at radius 2 is 1.62 bits per heavy atom. The summed E-state index contributed by atoms with van der Waals surface area (Å²) in [5.74, 6) is 0.168. The van der Waals surface area contributed by atoms with Crippen LogP contribution in [0.15, 0.2) is 0 Å². The molecule has 21 heavy (non-hydrogen) atoms. The second-order valence-electron chi connectivity index (χ2n) is 5.82. The maximum atomic E-state index is 12.3. The molecule has 2 aliphatic rings. The van der Waals surface area contributed by atoms with Crippen LogP contribution in [0.2, 0.25) is 0 Å². The third-order valence-corrected chi connectivity index (χ3v) is 4.24. The quantitative estimate of drug-likeness (QED) is 0.720. The molecule has 0 atom stereocenters. The number of rotatable bonds is 3. The van der Waals surface area contributed by atoms with Crippen molar-refractivity contribution in [1.29, 1.82) is 0 Å². The fourth-order valence-corrected chi connectivity index (χ4v) is 2.82. The topological polar surface area (TPSA) is 81.9 Å². The van der Waals surface area contributed by atoms with E-state index < -0.39 is 0 Å². The van der Waals surface area contributed by atoms with E-state index in [-0.39, 0.29) is 18.0 Å². The van der Waals surface area contributed by atoms with Gasteiger partial charge in [0.25, 0.3) is 0 Å². The molecule has 0 radical (unpaired) electrons. The average molecular weight is 297 g/mol. The molecule has 2 heterocycles. The van der Waals surface area contributed by atoms with Crippen LogP contribution in [-0.2, 0) is 4.79 Å². The van der Waals surface area contributed by atoms with Gasteiger partial charge in [-0.15, -0.1) is 0 Å². The van der Waals surface area contributed by atoms with E-state index in [1.165, 1.54) is 0 Å². The lowest BCUT2D eigenvalue weighted by Crippen LogP contribution is -2.55. The molecule has 2 aliphatic heterocycles. The molecule has 0 spiro atoms. The normalized spacial score (nSPS) is 21.4. The molecule has 0 aromatic heterocycles. The molecule has 2 fully saturated rings. The van der Waals surface area contributed by atoms with Crippen LogP contribution >= 0.6 is 0 Å². The Morgan fingerprint density at radius 3 is 2.19 bits per heavy atom. The molecule has 2 rings (SSSR count). The van der Waals surface area contributed by atoms with Gasteiger partial charge in [-0.1, -0.05) is 0 Å². The van der Waals surface area contributed by atoms with E-state index in [1.54, 1.807) is 4.90 Å². The van der Waals surface area contributed by atoms with Gasteiger partial charge in [0.2, 0.25) is 5.91 Å². The number of nitrogens with two attached hydrogens (primary N) is 1. The summed E-state index contributed by atoms with van der Waals surface area (Å²) in [7, 11) is 0. The third kappa shape index (κ3) is 4.57. The zero-order chi connectivity index (χ0) is 15.2. The molecule has 0 aromatic carbocycles. The van der Waals surface area contributed by atoms with Gasteiger partial charge < -0.3 is 20.9 Å². The van der Waals surface area contributed by atoms with E-state index in [0.29, 0.717) is 39.3 Å². The van der Waals surface area contributed by atoms with Gasteiger partial charge in [-0.05, 0) is 19.8 Å². The van der Waals surface area contributed by atoms with Crippen molar-refractivity contribution < 1.29 is 9.59 Å². The highest BCUT2D eigenvalue weighted by Gasteiger charge is 2.26. The van der Waals surface area contributed by atoms with E-state index >= 15 is 0 Å². The van der Waals surface area contributed by atoms with Crippen molar-refractivity contribution in [3.05, 3.63) is 0 Å². The summed E-state index contributed by atoms with van der Waals surface area (Å²) in [6.07, 6.45) is 1.94. The Balaban J connectivity index is 1.71. The second-order valence-corrected chi connectivity index (χ2v) is 5.82. The molecule has 7 heteroatoms. The van der Waals surface area contributed by atoms with E-state index in [2.05, 4.69) is 10.2 Å². The Labute approximate surface area is 126 Å². The molecule has 0 aliphatic carbocycles. The van der Waals surface area contributed by atoms with Gasteiger partial charge in [0.15, 0.2) is 0 Å². The summed E-state index contributed by atoms with van der Waals surface area (Å²) < 4.78 is 0. The first-order valence-electron chi connectivity index (χ1n) is 7.88. The predicted octanol–water partition coefficient (Wildman–Crippen LogP) is -0.717. The van der Waals surface area contributed by atoms with Crippen LogP contribution in [0.4, 0.5) is 4.79 Å². The molecule has 0 saturated carbocycles. The van der Waals surface area contributed by atoms with Crippen molar-refractivity contribution in [1.82, 2.24) is 20.0 Å². The van der Waals surface area contributed by atoms with Crippen molar-refractivity contribution in [2.45, 2.75) is 25.8 Å². The Bertz CT molecular complexity index is 360. The van der Waals surface area contributed by atoms with Gasteiger partial charge >= 0.3 is 6.03 Å². The molecule has 3 N–H and O–H groups in total. The first kappa shape index (κ1) is 16.0. The smallest absolute Gasteiger partial charge is 0.317 e. The first-order valence-corrected chi connectivity index (χ1v) is 7.88. The maximum Gasteiger partial charge on any atom is 0.317 e. The Kier molecular flexibility index (Phi) is 5.81. The van der Waals surface area contributed by atoms with Crippen LogP contribution in [-0.4, -0.2) is 85.0 Å². The molecule has 0 aromatic rings. The summed E-state index contributed by atoms with van der Waals surface area (Å²) >= 11 is 0. The monoisotopic (exact) mass is 297 g/mol. The second kappa shape index (κ2) is 7.61. The van der Waals surface area contributed by atoms with Gasteiger partial charge in [0, 0.05) is 51.9 Å². The number of nitrogens with one attached hydrogen (secondary N) is 1. The van der Waals surface area contributed by atoms with Gasteiger partial charge in [0.1, 0.15) is 0 Å². The lowest BCUT2D eigenvalue weighted by Gasteiger charge is -2.36. The minimum Gasteiger partial charge on any atom is -0.338 e. The number of nitrogens with zero attached hydrogens (tertiary/aromatic N) is 3. The molecule has 2 saturated heterocycles. The van der Waals surface area contributed by atoms with E-state index in [1.807, 2.05) is 11.8 Å². The molecule has 7 nitrogen and oxygen atoms in total.